The van der Waals surface area contributed by atoms with Crippen LogP contribution in [0.2, 0.25) is 0 Å². The van der Waals surface area contributed by atoms with Crippen LogP contribution in [0.15, 0.2) is 0 Å². The zero-order chi connectivity index (χ0) is 13.7. The van der Waals surface area contributed by atoms with Crippen LogP contribution in [0, 0.1) is 11.8 Å². The van der Waals surface area contributed by atoms with Crippen LogP contribution in [-0.2, 0) is 14.3 Å². The van der Waals surface area contributed by atoms with Gasteiger partial charge < -0.3 is 15.2 Å². The van der Waals surface area contributed by atoms with E-state index in [0.717, 1.165) is 6.42 Å². The summed E-state index contributed by atoms with van der Waals surface area (Å²) in [5.41, 5.74) is 0. The summed E-state index contributed by atoms with van der Waals surface area (Å²) in [6, 6.07) is -0.00486. The molecule has 18 heavy (non-hydrogen) atoms. The molecule has 0 heterocycles. The molecule has 1 saturated carbocycles. The third kappa shape index (κ3) is 4.64. The summed E-state index contributed by atoms with van der Waals surface area (Å²) in [5.74, 6) is -0.662. The van der Waals surface area contributed by atoms with Gasteiger partial charge in [0.25, 0.3) is 0 Å². The summed E-state index contributed by atoms with van der Waals surface area (Å²) in [5, 5.41) is 11.5. The maximum Gasteiger partial charge on any atom is 0.306 e. The first kappa shape index (κ1) is 15.0. The lowest BCUT2D eigenvalue weighted by Gasteiger charge is -2.33. The zero-order valence-corrected chi connectivity index (χ0v) is 11.3. The van der Waals surface area contributed by atoms with Crippen LogP contribution in [0.25, 0.3) is 0 Å². The fraction of sp³-hybridized carbons (Fsp3) is 0.846. The third-order valence-corrected chi connectivity index (χ3v) is 3.27. The molecule has 0 bridgehead atoms. The number of rotatable bonds is 7. The number of nitrogens with one attached hydrogen (secondary N) is 1. The fourth-order valence-corrected chi connectivity index (χ4v) is 1.81. The van der Waals surface area contributed by atoms with Crippen molar-refractivity contribution in [1.82, 2.24) is 5.32 Å². The van der Waals surface area contributed by atoms with Gasteiger partial charge in [-0.1, -0.05) is 13.8 Å². The van der Waals surface area contributed by atoms with Crippen molar-refractivity contribution in [2.75, 3.05) is 6.61 Å². The molecule has 2 N–H and O–H groups in total. The van der Waals surface area contributed by atoms with Gasteiger partial charge in [-0.05, 0) is 32.1 Å². The highest BCUT2D eigenvalue weighted by molar-refractivity contribution is 5.81. The molecule has 0 aromatic carbocycles. The maximum atomic E-state index is 11.7. The van der Waals surface area contributed by atoms with Crippen molar-refractivity contribution in [1.29, 1.82) is 0 Å². The molecule has 1 aliphatic rings. The molecule has 1 atom stereocenters. The molecule has 0 saturated heterocycles. The van der Waals surface area contributed by atoms with Crippen LogP contribution in [0.4, 0.5) is 0 Å². The number of hydrogen-bond donors (Lipinski definition) is 2. The second-order valence-electron chi connectivity index (χ2n) is 5.41. The van der Waals surface area contributed by atoms with Gasteiger partial charge in [0.1, 0.15) is 6.10 Å². The highest BCUT2D eigenvalue weighted by atomic mass is 16.5. The van der Waals surface area contributed by atoms with Crippen LogP contribution in [0.1, 0.15) is 40.0 Å². The van der Waals surface area contributed by atoms with E-state index in [1.807, 2.05) is 0 Å². The molecule has 0 aromatic rings. The van der Waals surface area contributed by atoms with E-state index in [2.05, 4.69) is 19.2 Å². The number of amides is 1. The van der Waals surface area contributed by atoms with Crippen LogP contribution < -0.4 is 5.32 Å². The molecule has 104 valence electrons. The van der Waals surface area contributed by atoms with Gasteiger partial charge in [-0.2, -0.15) is 0 Å². The zero-order valence-electron chi connectivity index (χ0n) is 11.3. The number of ether oxygens (including phenoxy) is 1. The minimum Gasteiger partial charge on any atom is -0.481 e. The smallest absolute Gasteiger partial charge is 0.306 e. The van der Waals surface area contributed by atoms with Crippen molar-refractivity contribution < 1.29 is 19.4 Å². The summed E-state index contributed by atoms with van der Waals surface area (Å²) in [4.78, 5) is 22.3. The van der Waals surface area contributed by atoms with Crippen molar-refractivity contribution in [2.24, 2.45) is 11.8 Å². The number of carboxylic acid groups (broad SMARTS) is 1. The Bertz CT molecular complexity index is 297. The molecule has 0 spiro atoms. The van der Waals surface area contributed by atoms with E-state index in [9.17, 15) is 9.59 Å². The first-order valence-corrected chi connectivity index (χ1v) is 6.55. The third-order valence-electron chi connectivity index (χ3n) is 3.27. The Kier molecular flexibility index (Phi) is 5.59. The van der Waals surface area contributed by atoms with Gasteiger partial charge in [-0.3, -0.25) is 9.59 Å². The lowest BCUT2D eigenvalue weighted by molar-refractivity contribution is -0.147. The number of carboxylic acids is 1. The first-order chi connectivity index (χ1) is 8.40. The van der Waals surface area contributed by atoms with Crippen molar-refractivity contribution in [2.45, 2.75) is 52.2 Å². The first-order valence-electron chi connectivity index (χ1n) is 6.55. The molecule has 1 rings (SSSR count). The number of carbonyl (C=O) groups is 2. The summed E-state index contributed by atoms with van der Waals surface area (Å²) < 4.78 is 5.43. The average molecular weight is 257 g/mol. The minimum atomic E-state index is -0.776. The van der Waals surface area contributed by atoms with Crippen LogP contribution >= 0.6 is 0 Å². The normalized spacial score (nSPS) is 24.4. The van der Waals surface area contributed by atoms with Crippen molar-refractivity contribution in [3.05, 3.63) is 0 Å². The van der Waals surface area contributed by atoms with Gasteiger partial charge in [-0.15, -0.1) is 0 Å². The summed E-state index contributed by atoms with van der Waals surface area (Å²) in [6.45, 7) is 6.51. The molecule has 5 nitrogen and oxygen atoms in total. The highest BCUT2D eigenvalue weighted by Gasteiger charge is 2.35. The fourth-order valence-electron chi connectivity index (χ4n) is 1.81. The molecule has 0 aromatic heterocycles. The van der Waals surface area contributed by atoms with E-state index < -0.39 is 12.1 Å². The molecule has 0 aliphatic heterocycles. The van der Waals surface area contributed by atoms with E-state index in [1.165, 1.54) is 0 Å². The maximum absolute atomic E-state index is 11.7. The lowest BCUT2D eigenvalue weighted by Crippen LogP contribution is -2.49. The largest absolute Gasteiger partial charge is 0.481 e. The van der Waals surface area contributed by atoms with Gasteiger partial charge in [0.05, 0.1) is 5.92 Å². The Hall–Kier alpha value is -1.10. The van der Waals surface area contributed by atoms with Crippen LogP contribution in [-0.4, -0.2) is 35.7 Å². The van der Waals surface area contributed by atoms with Crippen molar-refractivity contribution >= 4 is 11.9 Å². The Morgan fingerprint density at radius 2 is 1.94 bits per heavy atom. The SMILES string of the molecule is CC(C)CCOC(C)C(=O)NC1CC(C(=O)O)C1. The van der Waals surface area contributed by atoms with Crippen LogP contribution in [0.3, 0.4) is 0 Å². The quantitative estimate of drug-likeness (QED) is 0.723. The van der Waals surface area contributed by atoms with E-state index in [4.69, 9.17) is 9.84 Å². The Morgan fingerprint density at radius 3 is 2.44 bits per heavy atom. The van der Waals surface area contributed by atoms with Gasteiger partial charge in [0.2, 0.25) is 5.91 Å². The van der Waals surface area contributed by atoms with E-state index in [0.29, 0.717) is 25.4 Å². The second-order valence-corrected chi connectivity index (χ2v) is 5.41. The predicted molar refractivity (Wildman–Crippen MR) is 67.2 cm³/mol. The number of aliphatic carboxylic acids is 1. The molecule has 0 radical (unpaired) electrons. The highest BCUT2D eigenvalue weighted by Crippen LogP contribution is 2.27. The predicted octanol–water partition coefficient (Wildman–Crippen LogP) is 1.42. The summed E-state index contributed by atoms with van der Waals surface area (Å²) >= 11 is 0. The standard InChI is InChI=1S/C13H23NO4/c1-8(2)4-5-18-9(3)12(15)14-11-6-10(7-11)13(16)17/h8-11H,4-7H2,1-3H3,(H,14,15)(H,16,17). The Balaban J connectivity index is 2.15. The molecular formula is C13H23NO4. The second kappa shape index (κ2) is 6.73. The Morgan fingerprint density at radius 1 is 1.33 bits per heavy atom. The van der Waals surface area contributed by atoms with Gasteiger partial charge in [-0.25, -0.2) is 0 Å². The average Bonchev–Trinajstić information content (AvgIpc) is 2.20. The summed E-state index contributed by atoms with van der Waals surface area (Å²) in [7, 11) is 0. The summed E-state index contributed by atoms with van der Waals surface area (Å²) in [6.07, 6.45) is 1.52. The monoisotopic (exact) mass is 257 g/mol. The van der Waals surface area contributed by atoms with Crippen molar-refractivity contribution in [3.8, 4) is 0 Å². The van der Waals surface area contributed by atoms with E-state index in [-0.39, 0.29) is 17.9 Å². The Labute approximate surface area is 108 Å². The molecule has 1 fully saturated rings. The lowest BCUT2D eigenvalue weighted by atomic mass is 9.80. The molecule has 1 aliphatic carbocycles. The molecule has 5 heteroatoms. The number of carbonyl (C=O) groups excluding carboxylic acids is 1. The van der Waals surface area contributed by atoms with E-state index in [1.54, 1.807) is 6.92 Å². The van der Waals surface area contributed by atoms with Crippen LogP contribution in [0.5, 0.6) is 0 Å². The molecule has 1 unspecified atom stereocenters. The van der Waals surface area contributed by atoms with Crippen molar-refractivity contribution in [3.63, 3.8) is 0 Å². The van der Waals surface area contributed by atoms with Gasteiger partial charge >= 0.3 is 5.97 Å². The topological polar surface area (TPSA) is 75.6 Å². The van der Waals surface area contributed by atoms with Gasteiger partial charge in [0.15, 0.2) is 0 Å². The van der Waals surface area contributed by atoms with Gasteiger partial charge in [0, 0.05) is 12.6 Å². The number of hydrogen-bond acceptors (Lipinski definition) is 3. The minimum absolute atomic E-state index is 0.00486. The molecular weight excluding hydrogens is 234 g/mol. The van der Waals surface area contributed by atoms with E-state index >= 15 is 0 Å². The molecule has 1 amide bonds.